The number of carbonyl (C=O) groups is 1. The lowest BCUT2D eigenvalue weighted by Gasteiger charge is -2.12. The summed E-state index contributed by atoms with van der Waals surface area (Å²) in [6.07, 6.45) is 4.65. The van der Waals surface area contributed by atoms with Crippen LogP contribution >= 0.6 is 0 Å². The van der Waals surface area contributed by atoms with Crippen molar-refractivity contribution in [1.29, 1.82) is 0 Å². The van der Waals surface area contributed by atoms with Crippen molar-refractivity contribution < 1.29 is 4.79 Å². The van der Waals surface area contributed by atoms with Gasteiger partial charge in [-0.2, -0.15) is 10.2 Å². The third kappa shape index (κ3) is 0.958. The molecule has 0 aromatic carbocycles. The van der Waals surface area contributed by atoms with Gasteiger partial charge in [-0.15, -0.1) is 0 Å². The Morgan fingerprint density at radius 1 is 1.67 bits per heavy atom. The molecule has 12 heavy (non-hydrogen) atoms. The van der Waals surface area contributed by atoms with E-state index in [0.717, 1.165) is 18.7 Å². The first-order valence-corrected chi connectivity index (χ1v) is 3.88. The molecule has 1 aliphatic carbocycles. The molecule has 0 saturated heterocycles. The molecule has 0 spiro atoms. The number of rotatable bonds is 1. The van der Waals surface area contributed by atoms with E-state index in [1.165, 1.54) is 0 Å². The zero-order valence-electron chi connectivity index (χ0n) is 6.53. The lowest BCUT2D eigenvalue weighted by Crippen LogP contribution is -2.14. The first-order valence-electron chi connectivity index (χ1n) is 3.88. The van der Waals surface area contributed by atoms with Crippen molar-refractivity contribution >= 4 is 5.91 Å². The molecule has 0 fully saturated rings. The van der Waals surface area contributed by atoms with Crippen LogP contribution < -0.4 is 5.73 Å². The SMILES string of the molecule is NC(=O)C1=C2N=NCCC2C=C1. The van der Waals surface area contributed by atoms with Gasteiger partial charge in [0.25, 0.3) is 5.91 Å². The summed E-state index contributed by atoms with van der Waals surface area (Å²) in [4.78, 5) is 10.9. The van der Waals surface area contributed by atoms with Crippen LogP contribution in [0.2, 0.25) is 0 Å². The Bertz CT molecular complexity index is 314. The molecule has 1 heterocycles. The van der Waals surface area contributed by atoms with Crippen molar-refractivity contribution in [2.45, 2.75) is 6.42 Å². The Morgan fingerprint density at radius 2 is 2.50 bits per heavy atom. The van der Waals surface area contributed by atoms with Crippen LogP contribution in [0.1, 0.15) is 6.42 Å². The molecule has 0 saturated carbocycles. The van der Waals surface area contributed by atoms with Gasteiger partial charge in [-0.25, -0.2) is 0 Å². The predicted octanol–water partition coefficient (Wildman–Crippen LogP) is 0.768. The molecule has 1 atom stereocenters. The average molecular weight is 163 g/mol. The molecule has 1 amide bonds. The summed E-state index contributed by atoms with van der Waals surface area (Å²) in [5, 5.41) is 7.81. The highest BCUT2D eigenvalue weighted by molar-refractivity contribution is 5.96. The number of nitrogens with two attached hydrogens (primary N) is 1. The average Bonchev–Trinajstić information content (AvgIpc) is 2.47. The summed E-state index contributed by atoms with van der Waals surface area (Å²) in [5.41, 5.74) is 6.42. The molecule has 0 aromatic rings. The van der Waals surface area contributed by atoms with Gasteiger partial charge in [0, 0.05) is 5.92 Å². The van der Waals surface area contributed by atoms with Gasteiger partial charge in [0.05, 0.1) is 17.8 Å². The normalized spacial score (nSPS) is 26.2. The zero-order valence-corrected chi connectivity index (χ0v) is 6.53. The molecule has 2 aliphatic rings. The standard InChI is InChI=1S/C8H9N3O/c9-8(12)6-2-1-5-3-4-10-11-7(5)6/h1-2,5H,3-4H2,(H2,9,12). The van der Waals surface area contributed by atoms with Gasteiger partial charge in [0.15, 0.2) is 0 Å². The van der Waals surface area contributed by atoms with Gasteiger partial charge in [0.1, 0.15) is 0 Å². The van der Waals surface area contributed by atoms with E-state index in [4.69, 9.17) is 5.73 Å². The van der Waals surface area contributed by atoms with Crippen LogP contribution in [0.25, 0.3) is 0 Å². The number of azo groups is 1. The maximum atomic E-state index is 10.9. The van der Waals surface area contributed by atoms with Crippen LogP contribution in [0.4, 0.5) is 0 Å². The third-order valence-electron chi connectivity index (χ3n) is 2.11. The van der Waals surface area contributed by atoms with Gasteiger partial charge in [-0.05, 0) is 6.42 Å². The van der Waals surface area contributed by atoms with Crippen molar-refractivity contribution in [3.8, 4) is 0 Å². The maximum absolute atomic E-state index is 10.9. The van der Waals surface area contributed by atoms with E-state index >= 15 is 0 Å². The van der Waals surface area contributed by atoms with E-state index in [1.54, 1.807) is 6.08 Å². The van der Waals surface area contributed by atoms with E-state index < -0.39 is 5.91 Å². The molecule has 4 nitrogen and oxygen atoms in total. The number of nitrogens with zero attached hydrogens (tertiary/aromatic N) is 2. The van der Waals surface area contributed by atoms with Crippen LogP contribution in [0.3, 0.4) is 0 Å². The molecular formula is C8H9N3O. The Labute approximate surface area is 69.9 Å². The first kappa shape index (κ1) is 7.21. The van der Waals surface area contributed by atoms with E-state index in [1.807, 2.05) is 6.08 Å². The van der Waals surface area contributed by atoms with Crippen molar-refractivity contribution in [2.24, 2.45) is 21.9 Å². The van der Waals surface area contributed by atoms with E-state index in [2.05, 4.69) is 10.2 Å². The second kappa shape index (κ2) is 2.55. The van der Waals surface area contributed by atoms with Gasteiger partial charge in [0.2, 0.25) is 0 Å². The van der Waals surface area contributed by atoms with Crippen LogP contribution in [0, 0.1) is 5.92 Å². The second-order valence-corrected chi connectivity index (χ2v) is 2.88. The van der Waals surface area contributed by atoms with Gasteiger partial charge < -0.3 is 5.73 Å². The molecule has 62 valence electrons. The maximum Gasteiger partial charge on any atom is 0.250 e. The number of fused-ring (bicyclic) bond motifs is 1. The van der Waals surface area contributed by atoms with Crippen LogP contribution in [-0.2, 0) is 4.79 Å². The summed E-state index contributed by atoms with van der Waals surface area (Å²) in [5.74, 6) is -0.144. The minimum atomic E-state index is -0.412. The number of amides is 1. The second-order valence-electron chi connectivity index (χ2n) is 2.88. The Hall–Kier alpha value is -1.45. The number of hydrogen-bond donors (Lipinski definition) is 1. The lowest BCUT2D eigenvalue weighted by molar-refractivity contribution is -0.114. The lowest BCUT2D eigenvalue weighted by atomic mass is 10.0. The third-order valence-corrected chi connectivity index (χ3v) is 2.11. The molecule has 1 aliphatic heterocycles. The van der Waals surface area contributed by atoms with Crippen LogP contribution in [0.5, 0.6) is 0 Å². The monoisotopic (exact) mass is 163 g/mol. The van der Waals surface area contributed by atoms with Gasteiger partial charge in [-0.3, -0.25) is 4.79 Å². The number of primary amides is 1. The number of hydrogen-bond acceptors (Lipinski definition) is 3. The molecule has 1 unspecified atom stereocenters. The van der Waals surface area contributed by atoms with Gasteiger partial charge in [-0.1, -0.05) is 12.2 Å². The highest BCUT2D eigenvalue weighted by Crippen LogP contribution is 2.31. The number of allylic oxidation sites excluding steroid dienone is 1. The first-order chi connectivity index (χ1) is 5.79. The van der Waals surface area contributed by atoms with Crippen molar-refractivity contribution in [3.63, 3.8) is 0 Å². The molecule has 2 rings (SSSR count). The largest absolute Gasteiger partial charge is 0.366 e. The Balaban J connectivity index is 2.42. The van der Waals surface area contributed by atoms with E-state index in [0.29, 0.717) is 5.57 Å². The highest BCUT2D eigenvalue weighted by atomic mass is 16.1. The van der Waals surface area contributed by atoms with Crippen molar-refractivity contribution in [3.05, 3.63) is 23.4 Å². The molecule has 2 N–H and O–H groups in total. The Morgan fingerprint density at radius 3 is 3.25 bits per heavy atom. The quantitative estimate of drug-likeness (QED) is 0.609. The molecule has 0 bridgehead atoms. The summed E-state index contributed by atoms with van der Waals surface area (Å²) in [6, 6.07) is 0. The zero-order chi connectivity index (χ0) is 8.55. The summed E-state index contributed by atoms with van der Waals surface area (Å²) < 4.78 is 0. The molecule has 0 aromatic heterocycles. The van der Waals surface area contributed by atoms with Crippen LogP contribution in [0.15, 0.2) is 33.7 Å². The smallest absolute Gasteiger partial charge is 0.250 e. The highest BCUT2D eigenvalue weighted by Gasteiger charge is 2.25. The fourth-order valence-electron chi connectivity index (χ4n) is 1.48. The van der Waals surface area contributed by atoms with Crippen molar-refractivity contribution in [2.75, 3.05) is 6.54 Å². The predicted molar refractivity (Wildman–Crippen MR) is 43.2 cm³/mol. The fourth-order valence-corrected chi connectivity index (χ4v) is 1.48. The summed E-state index contributed by atoms with van der Waals surface area (Å²) in [7, 11) is 0. The fraction of sp³-hybridized carbons (Fsp3) is 0.375. The van der Waals surface area contributed by atoms with E-state index in [9.17, 15) is 4.79 Å². The topological polar surface area (TPSA) is 67.8 Å². The van der Waals surface area contributed by atoms with Crippen LogP contribution in [-0.4, -0.2) is 12.5 Å². The molecule has 0 radical (unpaired) electrons. The van der Waals surface area contributed by atoms with Crippen molar-refractivity contribution in [1.82, 2.24) is 0 Å². The molecular weight excluding hydrogens is 154 g/mol. The minimum absolute atomic E-state index is 0.269. The number of carbonyl (C=O) groups excluding carboxylic acids is 1. The van der Waals surface area contributed by atoms with Gasteiger partial charge >= 0.3 is 0 Å². The molecule has 4 heteroatoms. The summed E-state index contributed by atoms with van der Waals surface area (Å²) in [6.45, 7) is 0.741. The summed E-state index contributed by atoms with van der Waals surface area (Å²) >= 11 is 0. The Kier molecular flexibility index (Phi) is 1.53. The van der Waals surface area contributed by atoms with E-state index in [-0.39, 0.29) is 5.92 Å². The minimum Gasteiger partial charge on any atom is -0.366 e.